The number of thiocarbonyl (C=S) groups is 1. The van der Waals surface area contributed by atoms with Gasteiger partial charge in [-0.3, -0.25) is 9.52 Å². The lowest BCUT2D eigenvalue weighted by atomic mass is 10.1. The second kappa shape index (κ2) is 11.1. The second-order valence-electron chi connectivity index (χ2n) is 9.32. The molecule has 12 nitrogen and oxygen atoms in total. The van der Waals surface area contributed by atoms with Crippen LogP contribution in [0.15, 0.2) is 42.7 Å². The van der Waals surface area contributed by atoms with Gasteiger partial charge in [-0.15, -0.1) is 0 Å². The number of nitrogens with one attached hydrogen (secondary N) is 3. The Labute approximate surface area is 236 Å². The first-order valence-electron chi connectivity index (χ1n) is 12.5. The van der Waals surface area contributed by atoms with Crippen molar-refractivity contribution < 1.29 is 22.7 Å². The van der Waals surface area contributed by atoms with Crippen LogP contribution in [-0.4, -0.2) is 79.7 Å². The molecular formula is C26H29N7O5S2. The monoisotopic (exact) mass is 583 g/mol. The number of sulfonamides is 1. The van der Waals surface area contributed by atoms with Crippen molar-refractivity contribution in [2.24, 2.45) is 0 Å². The highest BCUT2D eigenvalue weighted by Gasteiger charge is 2.24. The van der Waals surface area contributed by atoms with Crippen molar-refractivity contribution in [2.75, 3.05) is 50.6 Å². The van der Waals surface area contributed by atoms with E-state index < -0.39 is 15.9 Å². The molecule has 1 fully saturated rings. The maximum absolute atomic E-state index is 12.0. The van der Waals surface area contributed by atoms with E-state index in [0.717, 1.165) is 40.4 Å². The fourth-order valence-electron chi connectivity index (χ4n) is 4.76. The van der Waals surface area contributed by atoms with Crippen molar-refractivity contribution in [3.05, 3.63) is 48.3 Å². The first-order valence-corrected chi connectivity index (χ1v) is 14.5. The van der Waals surface area contributed by atoms with E-state index in [4.69, 9.17) is 21.7 Å². The predicted molar refractivity (Wildman–Crippen MR) is 157 cm³/mol. The summed E-state index contributed by atoms with van der Waals surface area (Å²) in [5.41, 5.74) is 2.93. The Kier molecular flexibility index (Phi) is 7.63. The van der Waals surface area contributed by atoms with Crippen molar-refractivity contribution in [1.82, 2.24) is 24.6 Å². The minimum absolute atomic E-state index is 0.285. The number of H-pyrrole nitrogens is 1. The standard InChI is InChI=1S/C26H29N7O5S2/c1-16(34)31-40(35,36)14-17-4-6-18(7-5-17)29-26(39)33-10-8-32(9-11-33)25-23-19-12-21(37-2)22(38-3)13-20(19)30-24(23)27-15-28-25/h4-7,12-13,15H,8-11,14H2,1-3H3,(H,29,39)(H,31,34)(H,27,28,30). The maximum Gasteiger partial charge on any atom is 0.239 e. The minimum Gasteiger partial charge on any atom is -0.493 e. The molecule has 0 radical (unpaired) electrons. The molecule has 3 N–H and O–H groups in total. The van der Waals surface area contributed by atoms with Gasteiger partial charge in [-0.1, -0.05) is 12.1 Å². The van der Waals surface area contributed by atoms with E-state index in [0.29, 0.717) is 48.4 Å². The summed E-state index contributed by atoms with van der Waals surface area (Å²) >= 11 is 5.65. The average molecular weight is 584 g/mol. The summed E-state index contributed by atoms with van der Waals surface area (Å²) in [6, 6.07) is 10.7. The number of hydrogen-bond donors (Lipinski definition) is 3. The lowest BCUT2D eigenvalue weighted by Crippen LogP contribution is -2.50. The van der Waals surface area contributed by atoms with Crippen LogP contribution in [0.3, 0.4) is 0 Å². The van der Waals surface area contributed by atoms with Crippen LogP contribution in [-0.2, 0) is 20.6 Å². The smallest absolute Gasteiger partial charge is 0.239 e. The van der Waals surface area contributed by atoms with Crippen LogP contribution in [0.5, 0.6) is 11.5 Å². The van der Waals surface area contributed by atoms with Crippen molar-refractivity contribution in [2.45, 2.75) is 12.7 Å². The highest BCUT2D eigenvalue weighted by atomic mass is 32.2. The molecular weight excluding hydrogens is 554 g/mol. The van der Waals surface area contributed by atoms with Crippen LogP contribution < -0.4 is 24.4 Å². The number of carbonyl (C=O) groups excluding carboxylic acids is 1. The number of nitrogens with zero attached hydrogens (tertiary/aromatic N) is 4. The lowest BCUT2D eigenvalue weighted by Gasteiger charge is -2.37. The van der Waals surface area contributed by atoms with Crippen LogP contribution in [0.2, 0.25) is 0 Å². The molecule has 0 unspecified atom stereocenters. The van der Waals surface area contributed by atoms with Gasteiger partial charge in [0, 0.05) is 50.2 Å². The Bertz CT molecular complexity index is 1680. The molecule has 0 atom stereocenters. The number of aromatic nitrogens is 3. The summed E-state index contributed by atoms with van der Waals surface area (Å²) in [7, 11) is -0.510. The van der Waals surface area contributed by atoms with Crippen molar-refractivity contribution in [1.29, 1.82) is 0 Å². The number of methoxy groups -OCH3 is 2. The number of hydrogen-bond acceptors (Lipinski definition) is 9. The largest absolute Gasteiger partial charge is 0.493 e. The third-order valence-corrected chi connectivity index (χ3v) is 8.27. The number of carbonyl (C=O) groups is 1. The van der Waals surface area contributed by atoms with Gasteiger partial charge in [0.1, 0.15) is 17.8 Å². The third-order valence-electron chi connectivity index (χ3n) is 6.60. The minimum atomic E-state index is -3.73. The number of anilines is 2. The molecule has 2 aromatic heterocycles. The van der Waals surface area contributed by atoms with Crippen LogP contribution in [0, 0.1) is 0 Å². The zero-order chi connectivity index (χ0) is 28.4. The molecule has 3 heterocycles. The zero-order valence-electron chi connectivity index (χ0n) is 22.2. The van der Waals surface area contributed by atoms with Crippen LogP contribution in [0.1, 0.15) is 12.5 Å². The number of benzene rings is 2. The molecule has 40 heavy (non-hydrogen) atoms. The van der Waals surface area contributed by atoms with Gasteiger partial charge in [-0.25, -0.2) is 18.4 Å². The molecule has 2 aromatic carbocycles. The van der Waals surface area contributed by atoms with E-state index in [1.165, 1.54) is 0 Å². The first-order chi connectivity index (χ1) is 19.2. The van der Waals surface area contributed by atoms with Gasteiger partial charge >= 0.3 is 0 Å². The number of piperazine rings is 1. The molecule has 5 rings (SSSR count). The SMILES string of the molecule is COc1cc2[nH]c3ncnc(N4CCN(C(=S)Nc5ccc(CS(=O)(=O)NC(C)=O)cc5)CC4)c3c2cc1OC. The fourth-order valence-corrected chi connectivity index (χ4v) is 6.20. The molecule has 4 aromatic rings. The summed E-state index contributed by atoms with van der Waals surface area (Å²) in [5.74, 6) is 1.21. The van der Waals surface area contributed by atoms with Gasteiger partial charge in [-0.05, 0) is 36.0 Å². The quantitative estimate of drug-likeness (QED) is 0.276. The highest BCUT2D eigenvalue weighted by molar-refractivity contribution is 7.89. The van der Waals surface area contributed by atoms with E-state index in [9.17, 15) is 13.2 Å². The summed E-state index contributed by atoms with van der Waals surface area (Å²) < 4.78 is 36.9. The Morgan fingerprint density at radius 2 is 1.73 bits per heavy atom. The van der Waals surface area contributed by atoms with Crippen molar-refractivity contribution in [3.8, 4) is 11.5 Å². The molecule has 210 valence electrons. The zero-order valence-corrected chi connectivity index (χ0v) is 23.9. The van der Waals surface area contributed by atoms with Gasteiger partial charge in [0.05, 0.1) is 30.9 Å². The third kappa shape index (κ3) is 5.72. The molecule has 0 saturated carbocycles. The molecule has 1 aliphatic heterocycles. The molecule has 1 aliphatic rings. The van der Waals surface area contributed by atoms with Gasteiger partial charge < -0.3 is 29.6 Å². The summed E-state index contributed by atoms with van der Waals surface area (Å²) in [5, 5.41) is 5.68. The fraction of sp³-hybridized carbons (Fsp3) is 0.308. The van der Waals surface area contributed by atoms with Crippen molar-refractivity contribution in [3.63, 3.8) is 0 Å². The van der Waals surface area contributed by atoms with Gasteiger partial charge in [-0.2, -0.15) is 0 Å². The number of aromatic amines is 1. The second-order valence-corrected chi connectivity index (χ2v) is 11.4. The number of fused-ring (bicyclic) bond motifs is 3. The molecule has 14 heteroatoms. The van der Waals surface area contributed by atoms with E-state index in [-0.39, 0.29) is 5.75 Å². The summed E-state index contributed by atoms with van der Waals surface area (Å²) in [6.07, 6.45) is 1.56. The van der Waals surface area contributed by atoms with Gasteiger partial charge in [0.25, 0.3) is 0 Å². The van der Waals surface area contributed by atoms with Crippen molar-refractivity contribution >= 4 is 66.7 Å². The van der Waals surface area contributed by atoms with Crippen LogP contribution in [0.25, 0.3) is 21.9 Å². The molecule has 0 aliphatic carbocycles. The van der Waals surface area contributed by atoms with E-state index in [1.54, 1.807) is 44.8 Å². The summed E-state index contributed by atoms with van der Waals surface area (Å²) in [6.45, 7) is 3.94. The van der Waals surface area contributed by atoms with Gasteiger partial charge in [0.15, 0.2) is 16.6 Å². The Balaban J connectivity index is 1.25. The maximum atomic E-state index is 12.0. The normalized spacial score (nSPS) is 13.9. The van der Waals surface area contributed by atoms with Gasteiger partial charge in [0.2, 0.25) is 15.9 Å². The number of rotatable bonds is 7. The molecule has 1 amide bonds. The molecule has 1 saturated heterocycles. The number of amides is 1. The average Bonchev–Trinajstić information content (AvgIpc) is 3.30. The van der Waals surface area contributed by atoms with Crippen LogP contribution >= 0.6 is 12.2 Å². The molecule has 0 spiro atoms. The van der Waals surface area contributed by atoms with E-state index >= 15 is 0 Å². The van der Waals surface area contributed by atoms with E-state index in [1.807, 2.05) is 16.9 Å². The number of ether oxygens (including phenoxy) is 2. The Hall–Kier alpha value is -4.17. The van der Waals surface area contributed by atoms with E-state index in [2.05, 4.69) is 30.1 Å². The summed E-state index contributed by atoms with van der Waals surface area (Å²) in [4.78, 5) is 27.8. The van der Waals surface area contributed by atoms with Crippen LogP contribution in [0.4, 0.5) is 11.5 Å². The predicted octanol–water partition coefficient (Wildman–Crippen LogP) is 2.61. The first kappa shape index (κ1) is 27.4. The lowest BCUT2D eigenvalue weighted by molar-refractivity contribution is -0.117. The highest BCUT2D eigenvalue weighted by Crippen LogP contribution is 2.38. The Morgan fingerprint density at radius 1 is 1.05 bits per heavy atom. The Morgan fingerprint density at radius 3 is 2.38 bits per heavy atom. The topological polar surface area (TPSA) is 142 Å². The molecule has 0 bridgehead atoms.